The van der Waals surface area contributed by atoms with E-state index in [1.807, 2.05) is 6.92 Å². The van der Waals surface area contributed by atoms with Gasteiger partial charge in [-0.2, -0.15) is 0 Å². The van der Waals surface area contributed by atoms with Crippen LogP contribution in [0.4, 0.5) is 4.39 Å². The zero-order chi connectivity index (χ0) is 13.7. The molecule has 1 saturated carbocycles. The van der Waals surface area contributed by atoms with Crippen LogP contribution in [0.5, 0.6) is 5.75 Å². The summed E-state index contributed by atoms with van der Waals surface area (Å²) in [4.78, 5) is 0. The standard InChI is InChI=1S/C16H24FNO/c1-12(18)10-13-11-14(17)8-9-16(13)19-15-6-4-2-3-5-7-15/h8-9,11-12,15H,2-7,10,18H2,1H3. The van der Waals surface area contributed by atoms with Gasteiger partial charge in [0, 0.05) is 6.04 Å². The lowest BCUT2D eigenvalue weighted by Gasteiger charge is -2.20. The second-order valence-electron chi connectivity index (χ2n) is 5.66. The Morgan fingerprint density at radius 1 is 1.26 bits per heavy atom. The summed E-state index contributed by atoms with van der Waals surface area (Å²) >= 11 is 0. The second kappa shape index (κ2) is 6.90. The molecule has 19 heavy (non-hydrogen) atoms. The molecule has 1 aliphatic rings. The van der Waals surface area contributed by atoms with E-state index in [1.165, 1.54) is 31.7 Å². The van der Waals surface area contributed by atoms with Crippen LogP contribution in [0.1, 0.15) is 51.0 Å². The van der Waals surface area contributed by atoms with E-state index in [1.54, 1.807) is 12.1 Å². The van der Waals surface area contributed by atoms with Crippen LogP contribution < -0.4 is 10.5 Å². The van der Waals surface area contributed by atoms with Gasteiger partial charge in [0.1, 0.15) is 11.6 Å². The van der Waals surface area contributed by atoms with E-state index in [-0.39, 0.29) is 18.0 Å². The normalized spacial score (nSPS) is 18.9. The highest BCUT2D eigenvalue weighted by atomic mass is 19.1. The van der Waals surface area contributed by atoms with Crippen molar-refractivity contribution in [2.45, 2.75) is 64.0 Å². The number of hydrogen-bond donors (Lipinski definition) is 1. The third-order valence-electron chi connectivity index (χ3n) is 3.66. The fourth-order valence-electron chi connectivity index (χ4n) is 2.71. The maximum absolute atomic E-state index is 13.3. The van der Waals surface area contributed by atoms with E-state index in [9.17, 15) is 4.39 Å². The SMILES string of the molecule is CC(N)Cc1cc(F)ccc1OC1CCCCCC1. The lowest BCUT2D eigenvalue weighted by atomic mass is 10.1. The van der Waals surface area contributed by atoms with Gasteiger partial charge in [-0.1, -0.05) is 12.8 Å². The average Bonchev–Trinajstić information content (AvgIpc) is 2.60. The number of benzene rings is 1. The van der Waals surface area contributed by atoms with Crippen molar-refractivity contribution in [1.29, 1.82) is 0 Å². The molecule has 2 nitrogen and oxygen atoms in total. The van der Waals surface area contributed by atoms with Crippen LogP contribution in [-0.2, 0) is 6.42 Å². The molecular weight excluding hydrogens is 241 g/mol. The van der Waals surface area contributed by atoms with Gasteiger partial charge >= 0.3 is 0 Å². The molecule has 1 unspecified atom stereocenters. The van der Waals surface area contributed by atoms with Crippen molar-refractivity contribution < 1.29 is 9.13 Å². The molecule has 0 heterocycles. The molecule has 1 aromatic carbocycles. The Morgan fingerprint density at radius 3 is 2.58 bits per heavy atom. The van der Waals surface area contributed by atoms with E-state index < -0.39 is 0 Å². The van der Waals surface area contributed by atoms with Crippen molar-refractivity contribution in [3.05, 3.63) is 29.6 Å². The molecule has 1 aliphatic carbocycles. The Kier molecular flexibility index (Phi) is 5.20. The van der Waals surface area contributed by atoms with Crippen molar-refractivity contribution in [3.63, 3.8) is 0 Å². The Bertz CT molecular complexity index is 398. The van der Waals surface area contributed by atoms with Crippen molar-refractivity contribution >= 4 is 0 Å². The molecule has 3 heteroatoms. The van der Waals surface area contributed by atoms with E-state index in [2.05, 4.69) is 0 Å². The topological polar surface area (TPSA) is 35.2 Å². The minimum Gasteiger partial charge on any atom is -0.490 e. The van der Waals surface area contributed by atoms with Gasteiger partial charge in [0.2, 0.25) is 0 Å². The first-order valence-electron chi connectivity index (χ1n) is 7.36. The van der Waals surface area contributed by atoms with Crippen LogP contribution in [0.3, 0.4) is 0 Å². The van der Waals surface area contributed by atoms with Crippen LogP contribution in [0.2, 0.25) is 0 Å². The van der Waals surface area contributed by atoms with Gasteiger partial charge < -0.3 is 10.5 Å². The first-order chi connectivity index (χ1) is 9.15. The van der Waals surface area contributed by atoms with Crippen molar-refractivity contribution in [3.8, 4) is 5.75 Å². The molecule has 0 radical (unpaired) electrons. The first-order valence-corrected chi connectivity index (χ1v) is 7.36. The fourth-order valence-corrected chi connectivity index (χ4v) is 2.71. The van der Waals surface area contributed by atoms with Crippen molar-refractivity contribution in [1.82, 2.24) is 0 Å². The molecule has 1 atom stereocenters. The summed E-state index contributed by atoms with van der Waals surface area (Å²) in [7, 11) is 0. The average molecular weight is 265 g/mol. The van der Waals surface area contributed by atoms with Gasteiger partial charge in [-0.25, -0.2) is 4.39 Å². The van der Waals surface area contributed by atoms with Gasteiger partial charge in [-0.3, -0.25) is 0 Å². The van der Waals surface area contributed by atoms with Crippen LogP contribution in [0, 0.1) is 5.82 Å². The van der Waals surface area contributed by atoms with E-state index in [4.69, 9.17) is 10.5 Å². The summed E-state index contributed by atoms with van der Waals surface area (Å²) < 4.78 is 19.4. The number of halogens is 1. The minimum atomic E-state index is -0.219. The molecule has 0 saturated heterocycles. The van der Waals surface area contributed by atoms with E-state index in [0.29, 0.717) is 6.42 Å². The number of rotatable bonds is 4. The summed E-state index contributed by atoms with van der Waals surface area (Å²) in [5.41, 5.74) is 6.71. The lowest BCUT2D eigenvalue weighted by molar-refractivity contribution is 0.181. The zero-order valence-electron chi connectivity index (χ0n) is 11.7. The summed E-state index contributed by atoms with van der Waals surface area (Å²) in [6.45, 7) is 1.93. The number of nitrogens with two attached hydrogens (primary N) is 1. The molecular formula is C16H24FNO. The van der Waals surface area contributed by atoms with Gasteiger partial charge in [0.15, 0.2) is 0 Å². The predicted molar refractivity (Wildman–Crippen MR) is 75.9 cm³/mol. The lowest BCUT2D eigenvalue weighted by Crippen LogP contribution is -2.20. The van der Waals surface area contributed by atoms with Gasteiger partial charge in [0.25, 0.3) is 0 Å². The smallest absolute Gasteiger partial charge is 0.123 e. The molecule has 1 aromatic rings. The third kappa shape index (κ3) is 4.50. The largest absolute Gasteiger partial charge is 0.490 e. The predicted octanol–water partition coefficient (Wildman–Crippen LogP) is 3.82. The number of ether oxygens (including phenoxy) is 1. The molecule has 0 amide bonds. The molecule has 1 fully saturated rings. The molecule has 2 N–H and O–H groups in total. The van der Waals surface area contributed by atoms with E-state index >= 15 is 0 Å². The quantitative estimate of drug-likeness (QED) is 0.840. The second-order valence-corrected chi connectivity index (χ2v) is 5.66. The Balaban J connectivity index is 2.09. The first kappa shape index (κ1) is 14.3. The highest BCUT2D eigenvalue weighted by Gasteiger charge is 2.16. The molecule has 0 bridgehead atoms. The van der Waals surface area contributed by atoms with Crippen LogP contribution >= 0.6 is 0 Å². The molecule has 106 valence electrons. The maximum Gasteiger partial charge on any atom is 0.123 e. The van der Waals surface area contributed by atoms with Crippen molar-refractivity contribution in [2.24, 2.45) is 5.73 Å². The zero-order valence-corrected chi connectivity index (χ0v) is 11.7. The van der Waals surface area contributed by atoms with Gasteiger partial charge in [-0.05, 0) is 62.8 Å². The molecule has 0 spiro atoms. The Hall–Kier alpha value is -1.09. The third-order valence-corrected chi connectivity index (χ3v) is 3.66. The Morgan fingerprint density at radius 2 is 1.95 bits per heavy atom. The number of hydrogen-bond acceptors (Lipinski definition) is 2. The van der Waals surface area contributed by atoms with Gasteiger partial charge in [0.05, 0.1) is 6.10 Å². The van der Waals surface area contributed by atoms with Crippen LogP contribution in [0.25, 0.3) is 0 Å². The van der Waals surface area contributed by atoms with E-state index in [0.717, 1.165) is 24.2 Å². The summed E-state index contributed by atoms with van der Waals surface area (Å²) in [5.74, 6) is 0.592. The van der Waals surface area contributed by atoms with Crippen molar-refractivity contribution in [2.75, 3.05) is 0 Å². The summed E-state index contributed by atoms with van der Waals surface area (Å²) in [5, 5.41) is 0. The summed E-state index contributed by atoms with van der Waals surface area (Å²) in [6, 6.07) is 4.78. The van der Waals surface area contributed by atoms with Crippen LogP contribution in [0.15, 0.2) is 18.2 Å². The Labute approximate surface area is 115 Å². The fraction of sp³-hybridized carbons (Fsp3) is 0.625. The summed E-state index contributed by atoms with van der Waals surface area (Å²) in [6.07, 6.45) is 8.21. The highest BCUT2D eigenvalue weighted by molar-refractivity contribution is 5.34. The van der Waals surface area contributed by atoms with Crippen LogP contribution in [-0.4, -0.2) is 12.1 Å². The monoisotopic (exact) mass is 265 g/mol. The maximum atomic E-state index is 13.3. The molecule has 0 aliphatic heterocycles. The molecule has 0 aromatic heterocycles. The molecule has 2 rings (SSSR count). The highest BCUT2D eigenvalue weighted by Crippen LogP contribution is 2.26. The van der Waals surface area contributed by atoms with Gasteiger partial charge in [-0.15, -0.1) is 0 Å². The minimum absolute atomic E-state index is 0.0123.